The number of carbonyl (C=O) groups is 1. The molecule has 0 saturated carbocycles. The molecular weight excluding hydrogens is 254 g/mol. The van der Waals surface area contributed by atoms with E-state index >= 15 is 0 Å². The largest absolute Gasteiger partial charge is 0.347 e. The number of pyridine rings is 1. The summed E-state index contributed by atoms with van der Waals surface area (Å²) in [6.45, 7) is 3.95. The fourth-order valence-corrected chi connectivity index (χ4v) is 2.36. The lowest BCUT2D eigenvalue weighted by Gasteiger charge is -2.37. The molecule has 0 radical (unpaired) electrons. The van der Waals surface area contributed by atoms with Gasteiger partial charge in [0, 0.05) is 39.4 Å². The van der Waals surface area contributed by atoms with E-state index in [1.807, 2.05) is 11.8 Å². The van der Waals surface area contributed by atoms with Gasteiger partial charge in [-0.1, -0.05) is 0 Å². The predicted molar refractivity (Wildman–Crippen MR) is 76.4 cm³/mol. The van der Waals surface area contributed by atoms with Crippen LogP contribution in [0.1, 0.15) is 11.3 Å². The molecule has 1 fully saturated rings. The Labute approximate surface area is 119 Å². The topological polar surface area (TPSA) is 72.3 Å². The molecule has 1 N–H and O–H groups in total. The summed E-state index contributed by atoms with van der Waals surface area (Å²) in [5.74, 6) is 0.738. The highest BCUT2D eigenvalue weighted by molar-refractivity contribution is 5.85. The molecule has 1 aliphatic heterocycles. The van der Waals surface area contributed by atoms with Crippen LogP contribution >= 0.6 is 0 Å². The van der Waals surface area contributed by atoms with Crippen molar-refractivity contribution in [2.75, 3.05) is 38.6 Å². The normalized spacial score (nSPS) is 18.5. The van der Waals surface area contributed by atoms with E-state index in [0.29, 0.717) is 24.5 Å². The minimum absolute atomic E-state index is 0.0408. The summed E-state index contributed by atoms with van der Waals surface area (Å²) in [7, 11) is 3.50. The van der Waals surface area contributed by atoms with Gasteiger partial charge in [-0.05, 0) is 19.1 Å². The Morgan fingerprint density at radius 1 is 1.55 bits per heavy atom. The molecule has 106 valence electrons. The van der Waals surface area contributed by atoms with Gasteiger partial charge in [-0.3, -0.25) is 4.79 Å². The maximum atomic E-state index is 12.3. The number of amides is 1. The second kappa shape index (κ2) is 5.88. The van der Waals surface area contributed by atoms with E-state index in [9.17, 15) is 4.79 Å². The van der Waals surface area contributed by atoms with Gasteiger partial charge in [-0.2, -0.15) is 5.26 Å². The van der Waals surface area contributed by atoms with Crippen molar-refractivity contribution in [3.63, 3.8) is 0 Å². The van der Waals surface area contributed by atoms with Crippen LogP contribution in [0, 0.1) is 18.3 Å². The van der Waals surface area contributed by atoms with Crippen LogP contribution < -0.4 is 10.2 Å². The maximum Gasteiger partial charge on any atom is 0.246 e. The van der Waals surface area contributed by atoms with Gasteiger partial charge < -0.3 is 15.1 Å². The Morgan fingerprint density at radius 2 is 2.30 bits per heavy atom. The number of hydrogen-bond acceptors (Lipinski definition) is 5. The Balaban J connectivity index is 2.35. The number of nitriles is 1. The lowest BCUT2D eigenvalue weighted by Crippen LogP contribution is -2.58. The number of likely N-dealkylation sites (N-methyl/N-ethyl adjacent to an activating group) is 1. The van der Waals surface area contributed by atoms with E-state index < -0.39 is 0 Å². The fourth-order valence-electron chi connectivity index (χ4n) is 2.36. The lowest BCUT2D eigenvalue weighted by molar-refractivity contribution is -0.130. The van der Waals surface area contributed by atoms with Crippen molar-refractivity contribution in [2.24, 2.45) is 0 Å². The molecule has 0 spiro atoms. The highest BCUT2D eigenvalue weighted by Gasteiger charge is 2.30. The highest BCUT2D eigenvalue weighted by Crippen LogP contribution is 2.19. The van der Waals surface area contributed by atoms with E-state index in [2.05, 4.69) is 16.4 Å². The quantitative estimate of drug-likeness (QED) is 0.829. The van der Waals surface area contributed by atoms with Crippen molar-refractivity contribution in [1.29, 1.82) is 5.26 Å². The van der Waals surface area contributed by atoms with Gasteiger partial charge >= 0.3 is 0 Å². The first-order valence-electron chi connectivity index (χ1n) is 6.60. The standard InChI is InChI=1S/C14H19N5O/c1-10-6-11(8-15)7-13(17-10)19-5-4-16-9-12(19)14(20)18(2)3/h6-7,12,16H,4-5,9H2,1-3H3. The van der Waals surface area contributed by atoms with Crippen LogP contribution in [0.5, 0.6) is 0 Å². The molecule has 0 bridgehead atoms. The van der Waals surface area contributed by atoms with Crippen molar-refractivity contribution in [3.05, 3.63) is 23.4 Å². The number of piperazine rings is 1. The third-order valence-electron chi connectivity index (χ3n) is 3.33. The molecule has 2 rings (SSSR count). The molecule has 1 aromatic heterocycles. The molecule has 1 aromatic rings. The van der Waals surface area contributed by atoms with Gasteiger partial charge in [0.25, 0.3) is 0 Å². The summed E-state index contributed by atoms with van der Waals surface area (Å²) in [4.78, 5) is 20.3. The monoisotopic (exact) mass is 273 g/mol. The predicted octanol–water partition coefficient (Wildman–Crippen LogP) is 0.128. The third-order valence-corrected chi connectivity index (χ3v) is 3.33. The molecule has 2 heterocycles. The molecule has 1 amide bonds. The Bertz CT molecular complexity index is 549. The number of nitrogens with one attached hydrogen (secondary N) is 1. The Morgan fingerprint density at radius 3 is 2.95 bits per heavy atom. The Hall–Kier alpha value is -2.13. The van der Waals surface area contributed by atoms with Crippen molar-refractivity contribution in [1.82, 2.24) is 15.2 Å². The van der Waals surface area contributed by atoms with Crippen LogP contribution in [0.4, 0.5) is 5.82 Å². The van der Waals surface area contributed by atoms with Crippen LogP contribution in [0.3, 0.4) is 0 Å². The molecule has 20 heavy (non-hydrogen) atoms. The van der Waals surface area contributed by atoms with Gasteiger partial charge in [-0.25, -0.2) is 4.98 Å². The van der Waals surface area contributed by atoms with E-state index in [0.717, 1.165) is 12.2 Å². The maximum absolute atomic E-state index is 12.3. The van der Waals surface area contributed by atoms with Crippen LogP contribution in [0.15, 0.2) is 12.1 Å². The van der Waals surface area contributed by atoms with Crippen LogP contribution in [-0.2, 0) is 4.79 Å². The van der Waals surface area contributed by atoms with Gasteiger partial charge in [0.2, 0.25) is 5.91 Å². The summed E-state index contributed by atoms with van der Waals surface area (Å²) in [6.07, 6.45) is 0. The minimum Gasteiger partial charge on any atom is -0.347 e. The van der Waals surface area contributed by atoms with Crippen LogP contribution in [-0.4, -0.2) is 55.6 Å². The summed E-state index contributed by atoms with van der Waals surface area (Å²) in [6, 6.07) is 5.35. The smallest absolute Gasteiger partial charge is 0.246 e. The molecule has 1 unspecified atom stereocenters. The van der Waals surface area contributed by atoms with Crippen molar-refractivity contribution >= 4 is 11.7 Å². The van der Waals surface area contributed by atoms with Crippen molar-refractivity contribution in [3.8, 4) is 6.07 Å². The van der Waals surface area contributed by atoms with Gasteiger partial charge in [0.05, 0.1) is 11.6 Å². The molecule has 1 atom stereocenters. The van der Waals surface area contributed by atoms with E-state index in [1.54, 1.807) is 31.1 Å². The number of hydrogen-bond donors (Lipinski definition) is 1. The average Bonchev–Trinajstić information content (AvgIpc) is 2.45. The van der Waals surface area contributed by atoms with Gasteiger partial charge in [-0.15, -0.1) is 0 Å². The van der Waals surface area contributed by atoms with Gasteiger partial charge in [0.15, 0.2) is 0 Å². The lowest BCUT2D eigenvalue weighted by atomic mass is 10.1. The van der Waals surface area contributed by atoms with Crippen molar-refractivity contribution < 1.29 is 4.79 Å². The number of nitrogens with zero attached hydrogens (tertiary/aromatic N) is 4. The number of aryl methyl sites for hydroxylation is 1. The molecule has 1 saturated heterocycles. The molecule has 0 aromatic carbocycles. The molecule has 6 heteroatoms. The highest BCUT2D eigenvalue weighted by atomic mass is 16.2. The summed E-state index contributed by atoms with van der Waals surface area (Å²) in [5.41, 5.74) is 1.36. The second-order valence-electron chi connectivity index (χ2n) is 5.11. The average molecular weight is 273 g/mol. The zero-order valence-electron chi connectivity index (χ0n) is 12.1. The van der Waals surface area contributed by atoms with Gasteiger partial charge in [0.1, 0.15) is 11.9 Å². The van der Waals surface area contributed by atoms with Crippen LogP contribution in [0.25, 0.3) is 0 Å². The fraction of sp³-hybridized carbons (Fsp3) is 0.500. The molecule has 0 aliphatic carbocycles. The summed E-state index contributed by atoms with van der Waals surface area (Å²) >= 11 is 0. The molecule has 6 nitrogen and oxygen atoms in total. The van der Waals surface area contributed by atoms with E-state index in [-0.39, 0.29) is 11.9 Å². The number of anilines is 1. The molecular formula is C14H19N5O. The van der Waals surface area contributed by atoms with Crippen LogP contribution in [0.2, 0.25) is 0 Å². The zero-order valence-corrected chi connectivity index (χ0v) is 12.1. The third kappa shape index (κ3) is 2.89. The summed E-state index contributed by atoms with van der Waals surface area (Å²) in [5, 5.41) is 12.3. The number of aromatic nitrogens is 1. The first-order valence-corrected chi connectivity index (χ1v) is 6.60. The molecule has 1 aliphatic rings. The van der Waals surface area contributed by atoms with Crippen molar-refractivity contribution in [2.45, 2.75) is 13.0 Å². The second-order valence-corrected chi connectivity index (χ2v) is 5.11. The zero-order chi connectivity index (χ0) is 14.7. The minimum atomic E-state index is -0.278. The number of rotatable bonds is 2. The first kappa shape index (κ1) is 14.3. The Kier molecular flexibility index (Phi) is 4.20. The SMILES string of the molecule is Cc1cc(C#N)cc(N2CCNCC2C(=O)N(C)C)n1. The first-order chi connectivity index (χ1) is 9.52. The van der Waals surface area contributed by atoms with E-state index in [1.165, 1.54) is 0 Å². The van der Waals surface area contributed by atoms with E-state index in [4.69, 9.17) is 5.26 Å². The number of carbonyl (C=O) groups excluding carboxylic acids is 1. The summed E-state index contributed by atoms with van der Waals surface area (Å²) < 4.78 is 0.